The molecule has 0 N–H and O–H groups in total. The smallest absolute Gasteiger partial charge is 0.157 e. The predicted molar refractivity (Wildman–Crippen MR) is 81.3 cm³/mol. The lowest BCUT2D eigenvalue weighted by molar-refractivity contribution is -0.116. The Balaban J connectivity index is 3.09. The van der Waals surface area contributed by atoms with Crippen molar-refractivity contribution in [3.8, 4) is 0 Å². The first-order valence-corrected chi connectivity index (χ1v) is 7.24. The normalized spacial score (nSPS) is 10.3. The van der Waals surface area contributed by atoms with Crippen molar-refractivity contribution in [3.63, 3.8) is 0 Å². The summed E-state index contributed by atoms with van der Waals surface area (Å²) in [7, 11) is 0. The Morgan fingerprint density at radius 2 is 1.14 bits per heavy atom. The summed E-state index contributed by atoms with van der Waals surface area (Å²) in [6, 6.07) is 0. The minimum absolute atomic E-state index is 0.0147. The number of ketones is 2. The van der Waals surface area contributed by atoms with Gasteiger partial charge in [-0.25, -0.2) is 0 Å². The molecule has 21 heavy (non-hydrogen) atoms. The van der Waals surface area contributed by atoms with Crippen LogP contribution in [0.25, 0.3) is 0 Å². The fourth-order valence-electron chi connectivity index (χ4n) is 1.42. The molecule has 0 aliphatic carbocycles. The quantitative estimate of drug-likeness (QED) is 0.322. The highest BCUT2D eigenvalue weighted by molar-refractivity contribution is 5.89. The van der Waals surface area contributed by atoms with Gasteiger partial charge in [0.05, 0.1) is 33.0 Å². The second-order valence-corrected chi connectivity index (χ2v) is 4.39. The maximum absolute atomic E-state index is 10.9. The van der Waals surface area contributed by atoms with E-state index in [0.717, 1.165) is 12.8 Å². The molecule has 0 saturated carbocycles. The van der Waals surface area contributed by atoms with Gasteiger partial charge in [0.1, 0.15) is 0 Å². The largest absolute Gasteiger partial charge is 0.379 e. The Hall–Kier alpha value is -1.30. The lowest BCUT2D eigenvalue weighted by atomic mass is 10.2. The molecule has 0 aliphatic rings. The molecule has 0 fully saturated rings. The monoisotopic (exact) mass is 298 g/mol. The standard InChI is InChI=1S/C16H26O5/c1-3-15(17)7-5-6-9-19-11-13-21-14-12-20-10-8-16(18)4-2/h3-4H,1-2,5-14H2. The van der Waals surface area contributed by atoms with Gasteiger partial charge in [0.2, 0.25) is 0 Å². The van der Waals surface area contributed by atoms with Gasteiger partial charge < -0.3 is 14.2 Å². The first-order chi connectivity index (χ1) is 10.2. The van der Waals surface area contributed by atoms with Gasteiger partial charge >= 0.3 is 0 Å². The Morgan fingerprint density at radius 1 is 0.667 bits per heavy atom. The average Bonchev–Trinajstić information content (AvgIpc) is 2.51. The summed E-state index contributed by atoms with van der Waals surface area (Å²) in [5.74, 6) is 0.0623. The number of hydrogen-bond donors (Lipinski definition) is 0. The number of unbranched alkanes of at least 4 members (excludes halogenated alkanes) is 1. The zero-order valence-corrected chi connectivity index (χ0v) is 12.7. The molecule has 0 aromatic heterocycles. The van der Waals surface area contributed by atoms with Crippen molar-refractivity contribution in [2.24, 2.45) is 0 Å². The Labute approximate surface area is 126 Å². The molecule has 5 nitrogen and oxygen atoms in total. The summed E-state index contributed by atoms with van der Waals surface area (Å²) in [5.41, 5.74) is 0. The summed E-state index contributed by atoms with van der Waals surface area (Å²) in [4.78, 5) is 21.8. The maximum atomic E-state index is 10.9. The summed E-state index contributed by atoms with van der Waals surface area (Å²) < 4.78 is 15.9. The van der Waals surface area contributed by atoms with Gasteiger partial charge in [0.25, 0.3) is 0 Å². The number of ether oxygens (including phenoxy) is 3. The second kappa shape index (κ2) is 15.1. The minimum Gasteiger partial charge on any atom is -0.379 e. The van der Waals surface area contributed by atoms with Gasteiger partial charge in [0, 0.05) is 19.4 Å². The molecular weight excluding hydrogens is 272 g/mol. The zero-order chi connectivity index (χ0) is 15.8. The highest BCUT2D eigenvalue weighted by Crippen LogP contribution is 1.97. The molecule has 120 valence electrons. The Bertz CT molecular complexity index is 282. The molecule has 0 unspecified atom stereocenters. The van der Waals surface area contributed by atoms with Crippen LogP contribution in [-0.4, -0.2) is 51.2 Å². The van der Waals surface area contributed by atoms with Crippen LogP contribution in [0.1, 0.15) is 25.7 Å². The van der Waals surface area contributed by atoms with Gasteiger partial charge in [-0.3, -0.25) is 9.59 Å². The average molecular weight is 298 g/mol. The van der Waals surface area contributed by atoms with Crippen LogP contribution in [0.5, 0.6) is 0 Å². The van der Waals surface area contributed by atoms with Gasteiger partial charge in [-0.15, -0.1) is 0 Å². The van der Waals surface area contributed by atoms with Crippen molar-refractivity contribution < 1.29 is 23.8 Å². The number of rotatable bonds is 16. The van der Waals surface area contributed by atoms with Gasteiger partial charge in [-0.1, -0.05) is 13.2 Å². The fraction of sp³-hybridized carbons (Fsp3) is 0.625. The summed E-state index contributed by atoms with van der Waals surface area (Å²) >= 11 is 0. The first kappa shape index (κ1) is 19.7. The van der Waals surface area contributed by atoms with Crippen LogP contribution in [0.4, 0.5) is 0 Å². The third-order valence-corrected chi connectivity index (χ3v) is 2.65. The lowest BCUT2D eigenvalue weighted by Crippen LogP contribution is -2.11. The van der Waals surface area contributed by atoms with E-state index in [0.29, 0.717) is 52.5 Å². The Morgan fingerprint density at radius 3 is 1.71 bits per heavy atom. The van der Waals surface area contributed by atoms with E-state index in [2.05, 4.69) is 13.2 Å². The molecule has 0 amide bonds. The summed E-state index contributed by atoms with van der Waals surface area (Å²) in [5, 5.41) is 0. The van der Waals surface area contributed by atoms with Crippen LogP contribution in [0.15, 0.2) is 25.3 Å². The van der Waals surface area contributed by atoms with Crippen molar-refractivity contribution in [1.82, 2.24) is 0 Å². The molecule has 0 radical (unpaired) electrons. The third-order valence-electron chi connectivity index (χ3n) is 2.65. The van der Waals surface area contributed by atoms with Crippen LogP contribution in [0, 0.1) is 0 Å². The summed E-state index contributed by atoms with van der Waals surface area (Å²) in [6.07, 6.45) is 5.23. The number of carbonyl (C=O) groups is 2. The molecule has 0 spiro atoms. The second-order valence-electron chi connectivity index (χ2n) is 4.39. The molecule has 5 heteroatoms. The highest BCUT2D eigenvalue weighted by atomic mass is 16.5. The van der Waals surface area contributed by atoms with E-state index < -0.39 is 0 Å². The number of allylic oxidation sites excluding steroid dienone is 2. The van der Waals surface area contributed by atoms with Crippen molar-refractivity contribution >= 4 is 11.6 Å². The third kappa shape index (κ3) is 14.9. The molecular formula is C16H26O5. The maximum Gasteiger partial charge on any atom is 0.157 e. The lowest BCUT2D eigenvalue weighted by Gasteiger charge is -2.06. The molecule has 0 aliphatic heterocycles. The van der Waals surface area contributed by atoms with Crippen molar-refractivity contribution in [3.05, 3.63) is 25.3 Å². The van der Waals surface area contributed by atoms with Crippen LogP contribution < -0.4 is 0 Å². The van der Waals surface area contributed by atoms with Gasteiger partial charge in [0.15, 0.2) is 11.6 Å². The SMILES string of the molecule is C=CC(=O)CCCCOCCOCCOCCC(=O)C=C. The Kier molecular flexibility index (Phi) is 14.2. The van der Waals surface area contributed by atoms with E-state index in [1.54, 1.807) is 0 Å². The highest BCUT2D eigenvalue weighted by Gasteiger charge is 1.97. The molecule has 0 aromatic carbocycles. The molecule has 0 rings (SSSR count). The van der Waals surface area contributed by atoms with Crippen molar-refractivity contribution in [1.29, 1.82) is 0 Å². The van der Waals surface area contributed by atoms with Crippen molar-refractivity contribution in [2.45, 2.75) is 25.7 Å². The van der Waals surface area contributed by atoms with Crippen LogP contribution in [-0.2, 0) is 23.8 Å². The van der Waals surface area contributed by atoms with Crippen LogP contribution in [0.3, 0.4) is 0 Å². The molecule has 0 aromatic rings. The van der Waals surface area contributed by atoms with Gasteiger partial charge in [-0.05, 0) is 25.0 Å². The van der Waals surface area contributed by atoms with E-state index in [1.807, 2.05) is 0 Å². The molecule has 0 saturated heterocycles. The van der Waals surface area contributed by atoms with Crippen molar-refractivity contribution in [2.75, 3.05) is 39.6 Å². The van der Waals surface area contributed by atoms with Crippen LogP contribution in [0.2, 0.25) is 0 Å². The number of carbonyl (C=O) groups excluding carboxylic acids is 2. The fourth-order valence-corrected chi connectivity index (χ4v) is 1.42. The minimum atomic E-state index is -0.0147. The number of hydrogen-bond acceptors (Lipinski definition) is 5. The predicted octanol–water partition coefficient (Wildman–Crippen LogP) is 2.11. The van der Waals surface area contributed by atoms with E-state index in [4.69, 9.17) is 14.2 Å². The first-order valence-electron chi connectivity index (χ1n) is 7.24. The molecule has 0 bridgehead atoms. The van der Waals surface area contributed by atoms with E-state index in [9.17, 15) is 9.59 Å². The zero-order valence-electron chi connectivity index (χ0n) is 12.7. The van der Waals surface area contributed by atoms with Gasteiger partial charge in [-0.2, -0.15) is 0 Å². The van der Waals surface area contributed by atoms with E-state index in [-0.39, 0.29) is 11.6 Å². The van der Waals surface area contributed by atoms with E-state index >= 15 is 0 Å². The molecule has 0 heterocycles. The summed E-state index contributed by atoms with van der Waals surface area (Å²) in [6.45, 7) is 9.83. The van der Waals surface area contributed by atoms with Crippen LogP contribution >= 0.6 is 0 Å². The van der Waals surface area contributed by atoms with E-state index in [1.165, 1.54) is 12.2 Å². The molecule has 0 atom stereocenters. The topological polar surface area (TPSA) is 61.8 Å².